The third-order valence-electron chi connectivity index (χ3n) is 1.90. The van der Waals surface area contributed by atoms with Gasteiger partial charge in [-0.15, -0.1) is 11.3 Å². The normalized spacial score (nSPS) is 10.4. The molecular formula is C10H5Br2NS. The summed E-state index contributed by atoms with van der Waals surface area (Å²) in [5.74, 6) is 0. The number of fused-ring (bicyclic) bond motifs is 1. The molecule has 0 unspecified atom stereocenters. The lowest BCUT2D eigenvalue weighted by atomic mass is 10.1. The topological polar surface area (TPSA) is 23.8 Å². The van der Waals surface area contributed by atoms with Crippen LogP contribution in [0.25, 0.3) is 10.1 Å². The van der Waals surface area contributed by atoms with Gasteiger partial charge in [0.1, 0.15) is 0 Å². The summed E-state index contributed by atoms with van der Waals surface area (Å²) in [7, 11) is 0. The van der Waals surface area contributed by atoms with Crippen molar-refractivity contribution in [2.24, 2.45) is 0 Å². The third kappa shape index (κ3) is 1.85. The first-order chi connectivity index (χ1) is 6.70. The van der Waals surface area contributed by atoms with E-state index in [0.717, 1.165) is 13.8 Å². The van der Waals surface area contributed by atoms with Gasteiger partial charge in [0.25, 0.3) is 0 Å². The zero-order chi connectivity index (χ0) is 10.1. The summed E-state index contributed by atoms with van der Waals surface area (Å²) in [5, 5.41) is 9.89. The number of nitrogens with zero attached hydrogens (tertiary/aromatic N) is 1. The van der Waals surface area contributed by atoms with Gasteiger partial charge in [0.2, 0.25) is 0 Å². The number of halogens is 2. The van der Waals surface area contributed by atoms with E-state index >= 15 is 0 Å². The monoisotopic (exact) mass is 329 g/mol. The maximum Gasteiger partial charge on any atom is 0.0711 e. The highest BCUT2D eigenvalue weighted by Crippen LogP contribution is 2.34. The maximum absolute atomic E-state index is 8.70. The average molecular weight is 331 g/mol. The second kappa shape index (κ2) is 4.01. The van der Waals surface area contributed by atoms with E-state index < -0.39 is 0 Å². The van der Waals surface area contributed by atoms with Crippen molar-refractivity contribution in [1.29, 1.82) is 5.26 Å². The van der Waals surface area contributed by atoms with E-state index in [0.29, 0.717) is 6.42 Å². The molecule has 0 bridgehead atoms. The number of thiophene rings is 1. The Balaban J connectivity index is 2.74. The van der Waals surface area contributed by atoms with Crippen molar-refractivity contribution in [3.63, 3.8) is 0 Å². The zero-order valence-electron chi connectivity index (χ0n) is 7.05. The highest BCUT2D eigenvalue weighted by Gasteiger charge is 2.06. The standard InChI is InChI=1S/C10H5Br2NS/c11-8-3-6(1-2-13)10-7(4-8)5-9(12)14-10/h3-5H,1H2. The summed E-state index contributed by atoms with van der Waals surface area (Å²) in [5.41, 5.74) is 1.09. The summed E-state index contributed by atoms with van der Waals surface area (Å²) in [6.45, 7) is 0. The van der Waals surface area contributed by atoms with E-state index in [1.165, 1.54) is 10.1 Å². The quantitative estimate of drug-likeness (QED) is 0.755. The molecule has 2 aromatic rings. The zero-order valence-corrected chi connectivity index (χ0v) is 11.0. The summed E-state index contributed by atoms with van der Waals surface area (Å²) < 4.78 is 3.33. The van der Waals surface area contributed by atoms with Gasteiger partial charge in [0, 0.05) is 9.17 Å². The molecular weight excluding hydrogens is 326 g/mol. The van der Waals surface area contributed by atoms with Crippen molar-refractivity contribution in [2.75, 3.05) is 0 Å². The first kappa shape index (κ1) is 10.2. The van der Waals surface area contributed by atoms with Crippen LogP contribution in [0.1, 0.15) is 5.56 Å². The van der Waals surface area contributed by atoms with E-state index in [9.17, 15) is 0 Å². The van der Waals surface area contributed by atoms with Crippen LogP contribution >= 0.6 is 43.2 Å². The number of nitriles is 1. The molecule has 1 aromatic heterocycles. The van der Waals surface area contributed by atoms with Gasteiger partial charge in [-0.2, -0.15) is 5.26 Å². The predicted octanol–water partition coefficient (Wildman–Crippen LogP) is 4.49. The van der Waals surface area contributed by atoms with Gasteiger partial charge < -0.3 is 0 Å². The van der Waals surface area contributed by atoms with Crippen LogP contribution in [-0.2, 0) is 6.42 Å². The molecule has 1 nitrogen and oxygen atoms in total. The highest BCUT2D eigenvalue weighted by atomic mass is 79.9. The van der Waals surface area contributed by atoms with Crippen molar-refractivity contribution in [3.05, 3.63) is 32.0 Å². The average Bonchev–Trinajstić information content (AvgIpc) is 2.45. The van der Waals surface area contributed by atoms with Gasteiger partial charge in [-0.25, -0.2) is 0 Å². The largest absolute Gasteiger partial charge is 0.198 e. The highest BCUT2D eigenvalue weighted by molar-refractivity contribution is 9.11. The SMILES string of the molecule is N#CCc1cc(Br)cc2cc(Br)sc12. The minimum absolute atomic E-state index is 0.461. The van der Waals surface area contributed by atoms with Gasteiger partial charge in [-0.05, 0) is 45.1 Å². The Morgan fingerprint density at radius 3 is 2.79 bits per heavy atom. The molecule has 0 aliphatic carbocycles. The summed E-state index contributed by atoms with van der Waals surface area (Å²) >= 11 is 8.57. The maximum atomic E-state index is 8.70. The van der Waals surface area contributed by atoms with Crippen molar-refractivity contribution >= 4 is 53.3 Å². The fraction of sp³-hybridized carbons (Fsp3) is 0.100. The fourth-order valence-electron chi connectivity index (χ4n) is 1.37. The Morgan fingerprint density at radius 1 is 1.29 bits per heavy atom. The van der Waals surface area contributed by atoms with Crippen LogP contribution in [0.4, 0.5) is 0 Å². The van der Waals surface area contributed by atoms with Crippen molar-refractivity contribution < 1.29 is 0 Å². The molecule has 2 rings (SSSR count). The van der Waals surface area contributed by atoms with Crippen LogP contribution in [0.3, 0.4) is 0 Å². The van der Waals surface area contributed by atoms with Gasteiger partial charge in [0.15, 0.2) is 0 Å². The van der Waals surface area contributed by atoms with E-state index in [2.05, 4.69) is 50.1 Å². The van der Waals surface area contributed by atoms with Gasteiger partial charge in [0.05, 0.1) is 16.3 Å². The van der Waals surface area contributed by atoms with Gasteiger partial charge in [-0.1, -0.05) is 15.9 Å². The Kier molecular flexibility index (Phi) is 2.91. The molecule has 0 aliphatic rings. The molecule has 0 aliphatic heterocycles. The number of hydrogen-bond donors (Lipinski definition) is 0. The smallest absolute Gasteiger partial charge is 0.0711 e. The molecule has 0 saturated carbocycles. The van der Waals surface area contributed by atoms with Crippen molar-refractivity contribution in [2.45, 2.75) is 6.42 Å². The first-order valence-corrected chi connectivity index (χ1v) is 6.35. The minimum Gasteiger partial charge on any atom is -0.198 e. The molecule has 0 atom stereocenters. The Hall–Kier alpha value is -0.370. The summed E-state index contributed by atoms with van der Waals surface area (Å²) in [6, 6.07) is 8.33. The van der Waals surface area contributed by atoms with E-state index in [-0.39, 0.29) is 0 Å². The van der Waals surface area contributed by atoms with Crippen molar-refractivity contribution in [3.8, 4) is 6.07 Å². The Morgan fingerprint density at radius 2 is 2.07 bits per heavy atom. The lowest BCUT2D eigenvalue weighted by Crippen LogP contribution is -1.81. The van der Waals surface area contributed by atoms with Crippen LogP contribution in [0, 0.1) is 11.3 Å². The number of hydrogen-bond acceptors (Lipinski definition) is 2. The van der Waals surface area contributed by atoms with E-state index in [1.807, 2.05) is 6.07 Å². The van der Waals surface area contributed by atoms with E-state index in [1.54, 1.807) is 11.3 Å². The fourth-order valence-corrected chi connectivity index (χ4v) is 3.50. The van der Waals surface area contributed by atoms with Crippen LogP contribution in [0.15, 0.2) is 26.5 Å². The second-order valence-corrected chi connectivity index (χ2v) is 6.22. The Bertz CT molecular complexity index is 525. The van der Waals surface area contributed by atoms with Crippen LogP contribution in [0.2, 0.25) is 0 Å². The molecule has 70 valence electrons. The molecule has 0 saturated heterocycles. The number of rotatable bonds is 1. The minimum atomic E-state index is 0.461. The molecule has 4 heteroatoms. The Labute approximate surface area is 103 Å². The van der Waals surface area contributed by atoms with Gasteiger partial charge in [-0.3, -0.25) is 0 Å². The summed E-state index contributed by atoms with van der Waals surface area (Å²) in [4.78, 5) is 0. The lowest BCUT2D eigenvalue weighted by molar-refractivity contribution is 1.29. The first-order valence-electron chi connectivity index (χ1n) is 3.95. The lowest BCUT2D eigenvalue weighted by Gasteiger charge is -1.98. The second-order valence-electron chi connectivity index (χ2n) is 2.87. The van der Waals surface area contributed by atoms with Crippen LogP contribution in [0.5, 0.6) is 0 Å². The molecule has 0 N–H and O–H groups in total. The molecule has 1 heterocycles. The predicted molar refractivity (Wildman–Crippen MR) is 66.5 cm³/mol. The molecule has 0 fully saturated rings. The molecule has 14 heavy (non-hydrogen) atoms. The molecule has 1 aromatic carbocycles. The third-order valence-corrected chi connectivity index (χ3v) is 4.08. The summed E-state index contributed by atoms with van der Waals surface area (Å²) in [6.07, 6.45) is 0.461. The van der Waals surface area contributed by atoms with Crippen LogP contribution < -0.4 is 0 Å². The molecule has 0 amide bonds. The van der Waals surface area contributed by atoms with Crippen LogP contribution in [-0.4, -0.2) is 0 Å². The molecule has 0 radical (unpaired) electrons. The van der Waals surface area contributed by atoms with Gasteiger partial charge >= 0.3 is 0 Å². The van der Waals surface area contributed by atoms with Crippen molar-refractivity contribution in [1.82, 2.24) is 0 Å². The van der Waals surface area contributed by atoms with E-state index in [4.69, 9.17) is 5.26 Å². The number of benzene rings is 1. The molecule has 0 spiro atoms.